The number of Topliss-reactive ketones (excluding diaryl/α,β-unsaturated/α-hetero) is 1. The molecule has 0 saturated heterocycles. The van der Waals surface area contributed by atoms with Gasteiger partial charge in [0.25, 0.3) is 0 Å². The Morgan fingerprint density at radius 1 is 1.00 bits per heavy atom. The zero-order valence-corrected chi connectivity index (χ0v) is 34.0. The Balaban J connectivity index is 1.61. The van der Waals surface area contributed by atoms with Crippen molar-refractivity contribution in [1.82, 2.24) is 31.2 Å². The van der Waals surface area contributed by atoms with Crippen LogP contribution in [0.15, 0.2) is 36.5 Å². The largest absolute Gasteiger partial charge is 0.444 e. The molecule has 304 valence electrons. The van der Waals surface area contributed by atoms with Crippen molar-refractivity contribution in [1.29, 1.82) is 0 Å². The maximum absolute atomic E-state index is 13.3. The molecule has 4 amide bonds. The molecule has 1 aromatic carbocycles. The Labute approximate surface area is 329 Å². The van der Waals surface area contributed by atoms with Crippen LogP contribution in [-0.4, -0.2) is 86.0 Å². The van der Waals surface area contributed by atoms with Gasteiger partial charge in [-0.1, -0.05) is 82.7 Å². The average molecular weight is 784 g/mol. The number of alkyl carbamates (subject to hydrolysis) is 1. The molecule has 1 aliphatic rings. The SMILES string of the molecule is CC[C@H](C)[C@H](NC(=O)C[C@H](O)[C@H](CC1CCCCC1)NC(=O)CSCC(=O)[C@H](Cc1ccccc1)NC(=O)OC(C)(C)C)C(=O)NCc1cnc(C)nc1N. The van der Waals surface area contributed by atoms with E-state index in [1.807, 2.05) is 44.2 Å². The highest BCUT2D eigenvalue weighted by Gasteiger charge is 2.31. The summed E-state index contributed by atoms with van der Waals surface area (Å²) in [7, 11) is 0. The van der Waals surface area contributed by atoms with Crippen molar-refractivity contribution in [2.24, 2.45) is 11.8 Å². The van der Waals surface area contributed by atoms with Gasteiger partial charge in [0.15, 0.2) is 5.78 Å². The predicted molar refractivity (Wildman–Crippen MR) is 214 cm³/mol. The number of nitrogens with one attached hydrogen (secondary N) is 4. The van der Waals surface area contributed by atoms with E-state index in [2.05, 4.69) is 31.2 Å². The van der Waals surface area contributed by atoms with Crippen molar-refractivity contribution in [2.45, 2.75) is 136 Å². The fraction of sp³-hybridized carbons (Fsp3) is 0.625. The molecule has 15 heteroatoms. The molecule has 1 saturated carbocycles. The second-order valence-electron chi connectivity index (χ2n) is 15.5. The molecular formula is C40H61N7O7S. The molecule has 3 rings (SSSR count). The summed E-state index contributed by atoms with van der Waals surface area (Å²) < 4.78 is 5.39. The van der Waals surface area contributed by atoms with E-state index >= 15 is 0 Å². The standard InChI is InChI=1S/C40H61N7O7S/c1-7-25(2)36(38(52)43-22-29-21-42-26(3)44-37(29)41)47-34(50)20-32(48)30(18-27-14-10-8-11-15-27)45-35(51)24-55-23-33(49)31(19-28-16-12-9-13-17-28)46-39(53)54-40(4,5)6/h9,12-13,16-17,21,25,27,30-32,36,48H,7-8,10-11,14-15,18-20,22-24H2,1-6H3,(H,43,52)(H,45,51)(H,46,53)(H,47,50)(H2,41,42,44)/t25-,30-,31-,32-,36-/m0/s1. The monoisotopic (exact) mass is 783 g/mol. The molecule has 0 unspecified atom stereocenters. The third-order valence-corrected chi connectivity index (χ3v) is 10.6. The fourth-order valence-corrected chi connectivity index (χ4v) is 7.21. The van der Waals surface area contributed by atoms with E-state index in [0.29, 0.717) is 24.2 Å². The van der Waals surface area contributed by atoms with E-state index in [0.717, 1.165) is 49.4 Å². The van der Waals surface area contributed by atoms with Gasteiger partial charge in [-0.2, -0.15) is 0 Å². The molecular weight excluding hydrogens is 723 g/mol. The Kier molecular flexibility index (Phi) is 18.3. The van der Waals surface area contributed by atoms with Crippen molar-refractivity contribution in [3.8, 4) is 0 Å². The lowest BCUT2D eigenvalue weighted by atomic mass is 9.83. The normalized spacial score (nSPS) is 16.1. The minimum atomic E-state index is -1.21. The topological polar surface area (TPSA) is 215 Å². The number of thioether (sulfide) groups is 1. The van der Waals surface area contributed by atoms with Gasteiger partial charge < -0.3 is 36.8 Å². The number of nitrogens with zero attached hydrogens (tertiary/aromatic N) is 2. The molecule has 0 aliphatic heterocycles. The number of carbonyl (C=O) groups excluding carboxylic acids is 5. The quantitative estimate of drug-likeness (QED) is 0.112. The molecule has 0 bridgehead atoms. The summed E-state index contributed by atoms with van der Waals surface area (Å²) >= 11 is 1.11. The molecule has 0 spiro atoms. The van der Waals surface area contributed by atoms with E-state index in [1.54, 1.807) is 33.9 Å². The van der Waals surface area contributed by atoms with Crippen molar-refractivity contribution in [2.75, 3.05) is 17.2 Å². The summed E-state index contributed by atoms with van der Waals surface area (Å²) in [6.07, 6.45) is 5.89. The molecule has 7 N–H and O–H groups in total. The minimum absolute atomic E-state index is 0.0401. The molecule has 14 nitrogen and oxygen atoms in total. The highest BCUT2D eigenvalue weighted by Crippen LogP contribution is 2.28. The van der Waals surface area contributed by atoms with E-state index in [-0.39, 0.29) is 60.2 Å². The van der Waals surface area contributed by atoms with Crippen LogP contribution in [0.3, 0.4) is 0 Å². The first kappa shape index (κ1) is 45.2. The molecule has 5 atom stereocenters. The smallest absolute Gasteiger partial charge is 0.408 e. The zero-order chi connectivity index (χ0) is 40.5. The zero-order valence-electron chi connectivity index (χ0n) is 33.2. The Morgan fingerprint density at radius 2 is 1.69 bits per heavy atom. The second-order valence-corrected chi connectivity index (χ2v) is 16.5. The third kappa shape index (κ3) is 16.6. The van der Waals surface area contributed by atoms with Crippen LogP contribution >= 0.6 is 11.8 Å². The van der Waals surface area contributed by atoms with Crippen LogP contribution in [0, 0.1) is 18.8 Å². The average Bonchev–Trinajstić information content (AvgIpc) is 3.12. The molecule has 0 radical (unpaired) electrons. The number of ether oxygens (including phenoxy) is 1. The summed E-state index contributed by atoms with van der Waals surface area (Å²) in [5, 5.41) is 22.6. The van der Waals surface area contributed by atoms with E-state index in [9.17, 15) is 29.1 Å². The van der Waals surface area contributed by atoms with Crippen molar-refractivity contribution in [3.63, 3.8) is 0 Å². The lowest BCUT2D eigenvalue weighted by molar-refractivity contribution is -0.131. The molecule has 1 heterocycles. The summed E-state index contributed by atoms with van der Waals surface area (Å²) in [4.78, 5) is 74.1. The predicted octanol–water partition coefficient (Wildman–Crippen LogP) is 4.16. The van der Waals surface area contributed by atoms with Gasteiger partial charge in [-0.3, -0.25) is 19.2 Å². The van der Waals surface area contributed by atoms with Gasteiger partial charge in [-0.25, -0.2) is 14.8 Å². The number of amides is 4. The lowest BCUT2D eigenvalue weighted by Gasteiger charge is -2.30. The van der Waals surface area contributed by atoms with Gasteiger partial charge in [-0.05, 0) is 57.9 Å². The van der Waals surface area contributed by atoms with Crippen LogP contribution in [-0.2, 0) is 36.9 Å². The number of nitrogen functional groups attached to an aromatic ring is 1. The van der Waals surface area contributed by atoms with E-state index in [4.69, 9.17) is 10.5 Å². The Morgan fingerprint density at radius 3 is 2.33 bits per heavy atom. The Hall–Kier alpha value is -4.24. The maximum Gasteiger partial charge on any atom is 0.408 e. The molecule has 1 aromatic heterocycles. The molecule has 1 fully saturated rings. The first-order valence-electron chi connectivity index (χ1n) is 19.3. The number of aromatic nitrogens is 2. The van der Waals surface area contributed by atoms with Crippen LogP contribution in [0.5, 0.6) is 0 Å². The number of aliphatic hydroxyl groups excluding tert-OH is 1. The highest BCUT2D eigenvalue weighted by atomic mass is 32.2. The number of aryl methyl sites for hydroxylation is 1. The van der Waals surface area contributed by atoms with Crippen LogP contribution in [0.1, 0.15) is 103 Å². The van der Waals surface area contributed by atoms with Gasteiger partial charge in [0.05, 0.1) is 36.1 Å². The minimum Gasteiger partial charge on any atom is -0.444 e. The number of carbonyl (C=O) groups is 5. The van der Waals surface area contributed by atoms with Gasteiger partial charge in [0.2, 0.25) is 17.7 Å². The van der Waals surface area contributed by atoms with Crippen molar-refractivity contribution >= 4 is 47.2 Å². The third-order valence-electron chi connectivity index (χ3n) is 9.64. The second kappa shape index (κ2) is 22.3. The maximum atomic E-state index is 13.3. The van der Waals surface area contributed by atoms with E-state index in [1.165, 1.54) is 0 Å². The van der Waals surface area contributed by atoms with Crippen LogP contribution in [0.4, 0.5) is 10.6 Å². The molecule has 2 aromatic rings. The van der Waals surface area contributed by atoms with Crippen molar-refractivity contribution < 1.29 is 33.8 Å². The molecule has 55 heavy (non-hydrogen) atoms. The van der Waals surface area contributed by atoms with Crippen LogP contribution in [0.25, 0.3) is 0 Å². The summed E-state index contributed by atoms with van der Waals surface area (Å²) in [6, 6.07) is 6.88. The number of anilines is 1. The van der Waals surface area contributed by atoms with E-state index < -0.39 is 47.7 Å². The lowest BCUT2D eigenvalue weighted by Crippen LogP contribution is -2.52. The summed E-state index contributed by atoms with van der Waals surface area (Å²) in [5.74, 6) is -0.826. The number of ketones is 1. The number of rotatable bonds is 20. The summed E-state index contributed by atoms with van der Waals surface area (Å²) in [6.45, 7) is 10.8. The van der Waals surface area contributed by atoms with Gasteiger partial charge in [-0.15, -0.1) is 11.8 Å². The number of aliphatic hydroxyl groups is 1. The first-order valence-corrected chi connectivity index (χ1v) is 20.5. The van der Waals surface area contributed by atoms with Crippen LogP contribution in [0.2, 0.25) is 0 Å². The number of benzene rings is 1. The number of hydrogen-bond acceptors (Lipinski definition) is 11. The van der Waals surface area contributed by atoms with Gasteiger partial charge in [0, 0.05) is 18.3 Å². The van der Waals surface area contributed by atoms with Crippen molar-refractivity contribution in [3.05, 3.63) is 53.5 Å². The Bertz CT molecular complexity index is 1570. The fourth-order valence-electron chi connectivity index (χ4n) is 6.44. The first-order chi connectivity index (χ1) is 26.0. The molecule has 1 aliphatic carbocycles. The number of hydrogen-bond donors (Lipinski definition) is 6. The highest BCUT2D eigenvalue weighted by molar-refractivity contribution is 8.00. The van der Waals surface area contributed by atoms with Gasteiger partial charge in [0.1, 0.15) is 23.3 Å². The van der Waals surface area contributed by atoms with Gasteiger partial charge >= 0.3 is 6.09 Å². The summed E-state index contributed by atoms with van der Waals surface area (Å²) in [5.41, 5.74) is 6.65. The number of nitrogens with two attached hydrogens (primary N) is 1. The van der Waals surface area contributed by atoms with Crippen LogP contribution < -0.4 is 27.0 Å².